The van der Waals surface area contributed by atoms with Gasteiger partial charge in [0.05, 0.1) is 0 Å². The van der Waals surface area contributed by atoms with Crippen LogP contribution < -0.4 is 5.32 Å². The smallest absolute Gasteiger partial charge is 0.0159 e. The quantitative estimate of drug-likeness (QED) is 0.789. The molecule has 0 aliphatic carbocycles. The lowest BCUT2D eigenvalue weighted by atomic mass is 9.98. The van der Waals surface area contributed by atoms with Gasteiger partial charge in [-0.3, -0.25) is 0 Å². The van der Waals surface area contributed by atoms with Crippen molar-refractivity contribution in [2.75, 3.05) is 33.2 Å². The molecule has 0 atom stereocenters. The lowest BCUT2D eigenvalue weighted by molar-refractivity contribution is 0.242. The molecule has 2 N–H and O–H groups in total. The maximum absolute atomic E-state index is 3.42. The summed E-state index contributed by atoms with van der Waals surface area (Å²) in [5.74, 6) is 0.898. The van der Waals surface area contributed by atoms with Gasteiger partial charge in [-0.05, 0) is 51.0 Å². The zero-order valence-corrected chi connectivity index (χ0v) is 10.2. The molecule has 1 aliphatic rings. The van der Waals surface area contributed by atoms with Crippen LogP contribution in [0.15, 0.2) is 18.3 Å². The third kappa shape index (κ3) is 3.65. The topological polar surface area (TPSA) is 31.1 Å². The molecule has 0 bridgehead atoms. The Balaban J connectivity index is 1.65. The van der Waals surface area contributed by atoms with Crippen molar-refractivity contribution >= 4 is 0 Å². The average molecular weight is 221 g/mol. The molecule has 0 radical (unpaired) electrons. The van der Waals surface area contributed by atoms with Gasteiger partial charge < -0.3 is 15.2 Å². The summed E-state index contributed by atoms with van der Waals surface area (Å²) in [6.07, 6.45) is 5.82. The van der Waals surface area contributed by atoms with Crippen LogP contribution in [-0.2, 0) is 6.42 Å². The summed E-state index contributed by atoms with van der Waals surface area (Å²) in [5, 5.41) is 3.42. The molecule has 1 aromatic rings. The highest BCUT2D eigenvalue weighted by Crippen LogP contribution is 2.12. The second-order valence-electron chi connectivity index (χ2n) is 4.90. The van der Waals surface area contributed by atoms with Crippen molar-refractivity contribution < 1.29 is 0 Å². The summed E-state index contributed by atoms with van der Waals surface area (Å²) in [7, 11) is 2.24. The SMILES string of the molecule is CN(CCc1ccc[nH]1)CC1CCNCC1. The second kappa shape index (κ2) is 6.06. The Labute approximate surface area is 98.2 Å². The van der Waals surface area contributed by atoms with Crippen LogP contribution in [0.25, 0.3) is 0 Å². The summed E-state index contributed by atoms with van der Waals surface area (Å²) in [6, 6.07) is 4.24. The number of hydrogen-bond acceptors (Lipinski definition) is 2. The fourth-order valence-electron chi connectivity index (χ4n) is 2.43. The third-order valence-electron chi connectivity index (χ3n) is 3.45. The number of H-pyrrole nitrogens is 1. The maximum atomic E-state index is 3.42. The molecule has 2 rings (SSSR count). The zero-order valence-electron chi connectivity index (χ0n) is 10.2. The molecule has 0 saturated carbocycles. The molecule has 0 amide bonds. The lowest BCUT2D eigenvalue weighted by Crippen LogP contribution is -2.35. The van der Waals surface area contributed by atoms with E-state index in [-0.39, 0.29) is 0 Å². The zero-order chi connectivity index (χ0) is 11.2. The van der Waals surface area contributed by atoms with E-state index < -0.39 is 0 Å². The fourth-order valence-corrected chi connectivity index (χ4v) is 2.43. The molecule has 1 aromatic heterocycles. The summed E-state index contributed by atoms with van der Waals surface area (Å²) in [6.45, 7) is 4.82. The van der Waals surface area contributed by atoms with E-state index in [0.717, 1.165) is 18.9 Å². The number of nitrogens with one attached hydrogen (secondary N) is 2. The molecule has 0 unspecified atom stereocenters. The molecule has 16 heavy (non-hydrogen) atoms. The van der Waals surface area contributed by atoms with E-state index >= 15 is 0 Å². The van der Waals surface area contributed by atoms with Crippen molar-refractivity contribution in [3.05, 3.63) is 24.0 Å². The molecule has 90 valence electrons. The monoisotopic (exact) mass is 221 g/mol. The van der Waals surface area contributed by atoms with Gasteiger partial charge in [0.2, 0.25) is 0 Å². The van der Waals surface area contributed by atoms with E-state index in [9.17, 15) is 0 Å². The van der Waals surface area contributed by atoms with Crippen LogP contribution >= 0.6 is 0 Å². The van der Waals surface area contributed by atoms with E-state index in [2.05, 4.69) is 34.4 Å². The van der Waals surface area contributed by atoms with E-state index in [4.69, 9.17) is 0 Å². The summed E-state index contributed by atoms with van der Waals surface area (Å²) in [5.41, 5.74) is 1.34. The Morgan fingerprint density at radius 3 is 2.88 bits per heavy atom. The molecule has 0 aromatic carbocycles. The number of aromatic nitrogens is 1. The predicted octanol–water partition coefficient (Wildman–Crippen LogP) is 1.49. The van der Waals surface area contributed by atoms with Crippen molar-refractivity contribution in [2.24, 2.45) is 5.92 Å². The molecule has 1 saturated heterocycles. The van der Waals surface area contributed by atoms with Gasteiger partial charge in [-0.15, -0.1) is 0 Å². The van der Waals surface area contributed by atoms with Crippen LogP contribution in [0.4, 0.5) is 0 Å². The van der Waals surface area contributed by atoms with Crippen molar-refractivity contribution in [3.8, 4) is 0 Å². The van der Waals surface area contributed by atoms with Gasteiger partial charge in [-0.25, -0.2) is 0 Å². The Kier molecular flexibility index (Phi) is 4.43. The highest BCUT2D eigenvalue weighted by Gasteiger charge is 2.14. The van der Waals surface area contributed by atoms with Gasteiger partial charge in [-0.2, -0.15) is 0 Å². The molecule has 1 aliphatic heterocycles. The minimum absolute atomic E-state index is 0.898. The number of likely N-dealkylation sites (N-methyl/N-ethyl adjacent to an activating group) is 1. The van der Waals surface area contributed by atoms with Gasteiger partial charge in [0, 0.05) is 31.4 Å². The van der Waals surface area contributed by atoms with Crippen LogP contribution in [0.5, 0.6) is 0 Å². The molecule has 3 heteroatoms. The third-order valence-corrected chi connectivity index (χ3v) is 3.45. The average Bonchev–Trinajstić information content (AvgIpc) is 2.81. The van der Waals surface area contributed by atoms with Crippen LogP contribution in [0.1, 0.15) is 18.5 Å². The van der Waals surface area contributed by atoms with Gasteiger partial charge in [-0.1, -0.05) is 0 Å². The first kappa shape index (κ1) is 11.7. The minimum atomic E-state index is 0.898. The van der Waals surface area contributed by atoms with Gasteiger partial charge >= 0.3 is 0 Å². The highest BCUT2D eigenvalue weighted by atomic mass is 15.1. The number of aromatic amines is 1. The number of nitrogens with zero attached hydrogens (tertiary/aromatic N) is 1. The molecular weight excluding hydrogens is 198 g/mol. The summed E-state index contributed by atoms with van der Waals surface area (Å²) < 4.78 is 0. The van der Waals surface area contributed by atoms with Crippen LogP contribution in [0.2, 0.25) is 0 Å². The Morgan fingerprint density at radius 2 is 2.19 bits per heavy atom. The first-order valence-electron chi connectivity index (χ1n) is 6.36. The normalized spacial score (nSPS) is 18.1. The molecule has 1 fully saturated rings. The number of piperidine rings is 1. The summed E-state index contributed by atoms with van der Waals surface area (Å²) in [4.78, 5) is 5.73. The van der Waals surface area contributed by atoms with E-state index in [1.807, 2.05) is 6.20 Å². The molecule has 3 nitrogen and oxygen atoms in total. The number of hydrogen-bond donors (Lipinski definition) is 2. The molecule has 2 heterocycles. The van der Waals surface area contributed by atoms with E-state index in [1.165, 1.54) is 38.2 Å². The standard InChI is InChI=1S/C13H23N3/c1-16(10-6-13-3-2-7-15-13)11-12-4-8-14-9-5-12/h2-3,7,12,14-15H,4-6,8-11H2,1H3. The summed E-state index contributed by atoms with van der Waals surface area (Å²) >= 11 is 0. The lowest BCUT2D eigenvalue weighted by Gasteiger charge is -2.27. The van der Waals surface area contributed by atoms with Crippen molar-refractivity contribution in [3.63, 3.8) is 0 Å². The molecule has 0 spiro atoms. The van der Waals surface area contributed by atoms with Crippen molar-refractivity contribution in [2.45, 2.75) is 19.3 Å². The van der Waals surface area contributed by atoms with Gasteiger partial charge in [0.15, 0.2) is 0 Å². The van der Waals surface area contributed by atoms with E-state index in [0.29, 0.717) is 0 Å². The van der Waals surface area contributed by atoms with Crippen LogP contribution in [0, 0.1) is 5.92 Å². The Bertz CT molecular complexity index is 275. The highest BCUT2D eigenvalue weighted by molar-refractivity contribution is 5.03. The first-order chi connectivity index (χ1) is 7.84. The Hall–Kier alpha value is -0.800. The Morgan fingerprint density at radius 1 is 1.38 bits per heavy atom. The molecular formula is C13H23N3. The number of rotatable bonds is 5. The van der Waals surface area contributed by atoms with Gasteiger partial charge in [0.25, 0.3) is 0 Å². The fraction of sp³-hybridized carbons (Fsp3) is 0.692. The van der Waals surface area contributed by atoms with Crippen molar-refractivity contribution in [1.82, 2.24) is 15.2 Å². The van der Waals surface area contributed by atoms with Crippen LogP contribution in [0.3, 0.4) is 0 Å². The predicted molar refractivity (Wildman–Crippen MR) is 67.6 cm³/mol. The second-order valence-corrected chi connectivity index (χ2v) is 4.90. The minimum Gasteiger partial charge on any atom is -0.365 e. The largest absolute Gasteiger partial charge is 0.365 e. The van der Waals surface area contributed by atoms with E-state index in [1.54, 1.807) is 0 Å². The van der Waals surface area contributed by atoms with Crippen molar-refractivity contribution in [1.29, 1.82) is 0 Å². The maximum Gasteiger partial charge on any atom is 0.0159 e. The first-order valence-corrected chi connectivity index (χ1v) is 6.36. The van der Waals surface area contributed by atoms with Gasteiger partial charge in [0.1, 0.15) is 0 Å². The van der Waals surface area contributed by atoms with Crippen LogP contribution in [-0.4, -0.2) is 43.1 Å².